The van der Waals surface area contributed by atoms with E-state index in [0.29, 0.717) is 10.8 Å². The Morgan fingerprint density at radius 2 is 2.26 bits per heavy atom. The maximum atomic E-state index is 12.2. The lowest BCUT2D eigenvalue weighted by atomic mass is 10.1. The number of phenols is 1. The van der Waals surface area contributed by atoms with Crippen molar-refractivity contribution in [3.63, 3.8) is 0 Å². The second-order valence-corrected chi connectivity index (χ2v) is 6.66. The number of nitrogens with one attached hydrogen (secondary N) is 1. The van der Waals surface area contributed by atoms with Gasteiger partial charge in [0.15, 0.2) is 0 Å². The van der Waals surface area contributed by atoms with Crippen LogP contribution in [0.4, 0.5) is 0 Å². The van der Waals surface area contributed by atoms with E-state index >= 15 is 0 Å². The maximum absolute atomic E-state index is 12.2. The number of thioether (sulfide) groups is 1. The molecule has 19 heavy (non-hydrogen) atoms. The average Bonchev–Trinajstić information content (AvgIpc) is 2.80. The van der Waals surface area contributed by atoms with Crippen LogP contribution < -0.4 is 5.32 Å². The van der Waals surface area contributed by atoms with Crippen molar-refractivity contribution >= 4 is 17.7 Å². The van der Waals surface area contributed by atoms with Crippen LogP contribution in [0, 0.1) is 6.92 Å². The molecule has 1 aromatic rings. The average molecular weight is 279 g/mol. The van der Waals surface area contributed by atoms with E-state index in [2.05, 4.69) is 12.2 Å². The first-order valence-corrected chi connectivity index (χ1v) is 7.87. The summed E-state index contributed by atoms with van der Waals surface area (Å²) in [5, 5.41) is 13.5. The molecule has 2 N–H and O–H groups in total. The number of hydrogen-bond donors (Lipinski definition) is 2. The van der Waals surface area contributed by atoms with E-state index in [9.17, 15) is 9.90 Å². The number of hydrogen-bond acceptors (Lipinski definition) is 3. The summed E-state index contributed by atoms with van der Waals surface area (Å²) >= 11 is 1.97. The van der Waals surface area contributed by atoms with Crippen LogP contribution in [0.15, 0.2) is 18.2 Å². The topological polar surface area (TPSA) is 49.3 Å². The second-order valence-electron chi connectivity index (χ2n) is 5.08. The lowest BCUT2D eigenvalue weighted by molar-refractivity contribution is 0.0935. The Morgan fingerprint density at radius 1 is 1.47 bits per heavy atom. The highest BCUT2D eigenvalue weighted by atomic mass is 32.2. The third-order valence-electron chi connectivity index (χ3n) is 3.52. The largest absolute Gasteiger partial charge is 0.507 e. The van der Waals surface area contributed by atoms with E-state index in [0.717, 1.165) is 24.2 Å². The highest BCUT2D eigenvalue weighted by molar-refractivity contribution is 7.99. The molecule has 0 spiro atoms. The van der Waals surface area contributed by atoms with Gasteiger partial charge < -0.3 is 10.4 Å². The third kappa shape index (κ3) is 3.66. The number of amides is 1. The van der Waals surface area contributed by atoms with E-state index < -0.39 is 0 Å². The maximum Gasteiger partial charge on any atom is 0.255 e. The van der Waals surface area contributed by atoms with Crippen molar-refractivity contribution in [3.8, 4) is 5.75 Å². The molecule has 1 amide bonds. The number of rotatable bonds is 4. The predicted molar refractivity (Wildman–Crippen MR) is 79.9 cm³/mol. The highest BCUT2D eigenvalue weighted by Crippen LogP contribution is 2.30. The lowest BCUT2D eigenvalue weighted by Gasteiger charge is -2.14. The summed E-state index contributed by atoms with van der Waals surface area (Å²) in [5.74, 6) is 1.03. The summed E-state index contributed by atoms with van der Waals surface area (Å²) in [7, 11) is 0. The van der Waals surface area contributed by atoms with Crippen LogP contribution in [0.1, 0.15) is 42.1 Å². The molecule has 4 heteroatoms. The Morgan fingerprint density at radius 3 is 3.00 bits per heavy atom. The van der Waals surface area contributed by atoms with Gasteiger partial charge in [-0.2, -0.15) is 11.8 Å². The van der Waals surface area contributed by atoms with Crippen molar-refractivity contribution < 1.29 is 9.90 Å². The van der Waals surface area contributed by atoms with Crippen molar-refractivity contribution in [3.05, 3.63) is 29.3 Å². The van der Waals surface area contributed by atoms with Crippen LogP contribution >= 0.6 is 11.8 Å². The zero-order valence-electron chi connectivity index (χ0n) is 11.5. The first kappa shape index (κ1) is 14.3. The molecule has 0 radical (unpaired) electrons. The van der Waals surface area contributed by atoms with E-state index in [1.165, 1.54) is 6.42 Å². The van der Waals surface area contributed by atoms with Crippen molar-refractivity contribution in [1.29, 1.82) is 0 Å². The van der Waals surface area contributed by atoms with Gasteiger partial charge in [-0.1, -0.05) is 18.6 Å². The minimum Gasteiger partial charge on any atom is -0.507 e. The molecule has 1 aromatic carbocycles. The molecule has 0 aromatic heterocycles. The Balaban J connectivity index is 1.96. The lowest BCUT2D eigenvalue weighted by Crippen LogP contribution is -2.33. The van der Waals surface area contributed by atoms with Gasteiger partial charge in [-0.25, -0.2) is 0 Å². The molecule has 1 fully saturated rings. The number of carbonyl (C=O) groups excluding carboxylic acids is 1. The van der Waals surface area contributed by atoms with Gasteiger partial charge in [-0.05, 0) is 44.1 Å². The van der Waals surface area contributed by atoms with Gasteiger partial charge in [0.2, 0.25) is 0 Å². The standard InChI is InChI=1S/C15H21NO2S/c1-3-19-12-6-5-11(9-12)16-15(18)13-8-10(2)4-7-14(13)17/h4,7-8,11-12,17H,3,5-6,9H2,1-2H3,(H,16,18). The minimum atomic E-state index is -0.159. The molecular weight excluding hydrogens is 258 g/mol. The van der Waals surface area contributed by atoms with Crippen LogP contribution in [0.5, 0.6) is 5.75 Å². The van der Waals surface area contributed by atoms with Gasteiger partial charge in [0.1, 0.15) is 5.75 Å². The van der Waals surface area contributed by atoms with Gasteiger partial charge in [0.05, 0.1) is 5.56 Å². The number of aromatic hydroxyl groups is 1. The van der Waals surface area contributed by atoms with Crippen molar-refractivity contribution in [2.75, 3.05) is 5.75 Å². The van der Waals surface area contributed by atoms with Crippen LogP contribution in [0.2, 0.25) is 0 Å². The van der Waals surface area contributed by atoms with E-state index in [4.69, 9.17) is 0 Å². The Kier molecular flexibility index (Phi) is 4.75. The quantitative estimate of drug-likeness (QED) is 0.890. The zero-order chi connectivity index (χ0) is 13.8. The van der Waals surface area contributed by atoms with Crippen LogP contribution in [0.3, 0.4) is 0 Å². The number of aryl methyl sites for hydroxylation is 1. The molecule has 2 atom stereocenters. The predicted octanol–water partition coefficient (Wildman–Crippen LogP) is 3.10. The highest BCUT2D eigenvalue weighted by Gasteiger charge is 2.26. The molecule has 0 bridgehead atoms. The zero-order valence-corrected chi connectivity index (χ0v) is 12.3. The first-order valence-electron chi connectivity index (χ1n) is 6.82. The van der Waals surface area contributed by atoms with E-state index in [1.54, 1.807) is 18.2 Å². The fourth-order valence-electron chi connectivity index (χ4n) is 2.55. The summed E-state index contributed by atoms with van der Waals surface area (Å²) < 4.78 is 0. The molecule has 2 rings (SSSR count). The normalized spacial score (nSPS) is 22.4. The molecule has 0 saturated heterocycles. The van der Waals surface area contributed by atoms with Crippen LogP contribution in [0.25, 0.3) is 0 Å². The Hall–Kier alpha value is -1.16. The van der Waals surface area contributed by atoms with Crippen molar-refractivity contribution in [2.45, 2.75) is 44.4 Å². The molecular formula is C15H21NO2S. The van der Waals surface area contributed by atoms with Crippen molar-refractivity contribution in [2.24, 2.45) is 0 Å². The fraction of sp³-hybridized carbons (Fsp3) is 0.533. The van der Waals surface area contributed by atoms with E-state index in [1.807, 2.05) is 18.7 Å². The van der Waals surface area contributed by atoms with Crippen molar-refractivity contribution in [1.82, 2.24) is 5.32 Å². The van der Waals surface area contributed by atoms with E-state index in [-0.39, 0.29) is 17.7 Å². The van der Waals surface area contributed by atoms with Crippen LogP contribution in [-0.4, -0.2) is 28.1 Å². The monoisotopic (exact) mass is 279 g/mol. The molecule has 3 nitrogen and oxygen atoms in total. The van der Waals surface area contributed by atoms with Gasteiger partial charge in [-0.3, -0.25) is 4.79 Å². The molecule has 0 aliphatic heterocycles. The molecule has 0 heterocycles. The van der Waals surface area contributed by atoms with Gasteiger partial charge in [0, 0.05) is 11.3 Å². The smallest absolute Gasteiger partial charge is 0.255 e. The Bertz CT molecular complexity index is 461. The van der Waals surface area contributed by atoms with Gasteiger partial charge >= 0.3 is 0 Å². The second kappa shape index (κ2) is 6.33. The van der Waals surface area contributed by atoms with Gasteiger partial charge in [0.25, 0.3) is 5.91 Å². The number of phenolic OH excluding ortho intramolecular Hbond substituents is 1. The third-order valence-corrected chi connectivity index (χ3v) is 4.75. The summed E-state index contributed by atoms with van der Waals surface area (Å²) in [6, 6.07) is 5.36. The summed E-state index contributed by atoms with van der Waals surface area (Å²) in [6.45, 7) is 4.08. The summed E-state index contributed by atoms with van der Waals surface area (Å²) in [5.41, 5.74) is 1.36. The number of carbonyl (C=O) groups is 1. The first-order chi connectivity index (χ1) is 9.10. The molecule has 1 aliphatic rings. The van der Waals surface area contributed by atoms with Gasteiger partial charge in [-0.15, -0.1) is 0 Å². The Labute approximate surface area is 118 Å². The fourth-order valence-corrected chi connectivity index (χ4v) is 3.70. The summed E-state index contributed by atoms with van der Waals surface area (Å²) in [4.78, 5) is 12.2. The molecule has 1 saturated carbocycles. The van der Waals surface area contributed by atoms with Crippen LogP contribution in [-0.2, 0) is 0 Å². The molecule has 1 aliphatic carbocycles. The minimum absolute atomic E-state index is 0.0561. The SMILES string of the molecule is CCSC1CCC(NC(=O)c2cc(C)ccc2O)C1. The summed E-state index contributed by atoms with van der Waals surface area (Å²) in [6.07, 6.45) is 3.25. The molecule has 104 valence electrons. The number of benzene rings is 1. The molecule has 2 unspecified atom stereocenters.